The molecule has 2 N–H and O–H groups in total. The average Bonchev–Trinajstić information content (AvgIpc) is 3.28. The SMILES string of the molecule is COCCN(CCCCCC[C@@H]1Cc2cc(O)ccc2[C@@H]2[C@@H]1[C@@H]1CC[C@H](O)[C@@]1(C)C[C@@H]2F)C(=O)c1ccc(C#N)cc1. The van der Waals surface area contributed by atoms with Crippen molar-refractivity contribution in [1.29, 1.82) is 5.26 Å². The standard InChI is InChI=1S/C35H45FN2O4/c1-35-21-30(36)33-28-13-12-27(39)20-26(28)19-25(32(33)29(35)14-15-31(35)40)7-5-3-4-6-16-38(17-18-42-2)34(41)24-10-8-23(22-37)9-11-24/h8-13,20,25,29-33,39-40H,3-7,14-19,21H2,1-2H3/t25-,29+,30+,31+,32+,33+,35+/m1/s1. The molecule has 7 heteroatoms. The molecule has 7 atom stereocenters. The highest BCUT2D eigenvalue weighted by molar-refractivity contribution is 5.94. The lowest BCUT2D eigenvalue weighted by Gasteiger charge is -2.54. The topological polar surface area (TPSA) is 93.8 Å². The number of rotatable bonds is 11. The Balaban J connectivity index is 1.20. The molecule has 226 valence electrons. The van der Waals surface area contributed by atoms with Crippen LogP contribution in [-0.4, -0.2) is 60.1 Å². The van der Waals surface area contributed by atoms with E-state index < -0.39 is 12.3 Å². The largest absolute Gasteiger partial charge is 0.508 e. The van der Waals surface area contributed by atoms with Gasteiger partial charge in [0.25, 0.3) is 5.91 Å². The second-order valence-electron chi connectivity index (χ2n) is 13.1. The van der Waals surface area contributed by atoms with E-state index in [-0.39, 0.29) is 28.9 Å². The Morgan fingerprint density at radius 1 is 1.12 bits per heavy atom. The average molecular weight is 577 g/mol. The summed E-state index contributed by atoms with van der Waals surface area (Å²) in [6.45, 7) is 3.73. The predicted octanol–water partition coefficient (Wildman–Crippen LogP) is 6.39. The van der Waals surface area contributed by atoms with Gasteiger partial charge in [-0.3, -0.25) is 4.79 Å². The second kappa shape index (κ2) is 13.1. The van der Waals surface area contributed by atoms with Crippen molar-refractivity contribution in [3.05, 3.63) is 64.7 Å². The van der Waals surface area contributed by atoms with E-state index >= 15 is 4.39 Å². The number of fused-ring (bicyclic) bond motifs is 5. The van der Waals surface area contributed by atoms with E-state index in [2.05, 4.69) is 13.0 Å². The Morgan fingerprint density at radius 2 is 1.88 bits per heavy atom. The van der Waals surface area contributed by atoms with E-state index in [1.54, 1.807) is 37.4 Å². The van der Waals surface area contributed by atoms with Crippen LogP contribution in [-0.2, 0) is 11.2 Å². The number of aliphatic hydroxyl groups is 1. The maximum atomic E-state index is 16.0. The van der Waals surface area contributed by atoms with Crippen molar-refractivity contribution in [2.75, 3.05) is 26.8 Å². The molecule has 2 fully saturated rings. The number of phenols is 1. The lowest BCUT2D eigenvalue weighted by molar-refractivity contribution is -0.0722. The molecule has 0 aliphatic heterocycles. The van der Waals surface area contributed by atoms with Gasteiger partial charge in [0.05, 0.1) is 24.3 Å². The number of alkyl halides is 1. The molecular weight excluding hydrogens is 531 g/mol. The maximum absolute atomic E-state index is 16.0. The highest BCUT2D eigenvalue weighted by Gasteiger charge is 2.59. The van der Waals surface area contributed by atoms with Gasteiger partial charge >= 0.3 is 0 Å². The molecule has 2 aromatic carbocycles. The minimum absolute atomic E-state index is 0.0495. The fourth-order valence-electron chi connectivity index (χ4n) is 8.48. The molecular formula is C35H45FN2O4. The van der Waals surface area contributed by atoms with Gasteiger partial charge < -0.3 is 19.8 Å². The number of nitrogens with zero attached hydrogens (tertiary/aromatic N) is 2. The Hall–Kier alpha value is -2.95. The minimum atomic E-state index is -0.984. The molecule has 0 bridgehead atoms. The minimum Gasteiger partial charge on any atom is -0.508 e. The van der Waals surface area contributed by atoms with Gasteiger partial charge in [0.2, 0.25) is 0 Å². The highest BCUT2D eigenvalue weighted by Crippen LogP contribution is 2.63. The van der Waals surface area contributed by atoms with Crippen molar-refractivity contribution >= 4 is 5.91 Å². The summed E-state index contributed by atoms with van der Waals surface area (Å²) in [6, 6.07) is 14.3. The summed E-state index contributed by atoms with van der Waals surface area (Å²) >= 11 is 0. The van der Waals surface area contributed by atoms with Gasteiger partial charge in [-0.2, -0.15) is 5.26 Å². The summed E-state index contributed by atoms with van der Waals surface area (Å²) in [7, 11) is 1.63. The summed E-state index contributed by atoms with van der Waals surface area (Å²) in [5, 5.41) is 30.1. The Bertz CT molecular complexity index is 1280. The van der Waals surface area contributed by atoms with Gasteiger partial charge in [-0.05, 0) is 109 Å². The number of aliphatic hydroxyl groups excluding tert-OH is 1. The first kappa shape index (κ1) is 30.5. The van der Waals surface area contributed by atoms with Crippen LogP contribution in [0.4, 0.5) is 4.39 Å². The number of hydrogen-bond donors (Lipinski definition) is 2. The summed E-state index contributed by atoms with van der Waals surface area (Å²) in [5.41, 5.74) is 2.89. The molecule has 0 saturated heterocycles. The quantitative estimate of drug-likeness (QED) is 0.302. The Morgan fingerprint density at radius 3 is 2.62 bits per heavy atom. The van der Waals surface area contributed by atoms with Crippen molar-refractivity contribution in [2.24, 2.45) is 23.2 Å². The molecule has 1 amide bonds. The smallest absolute Gasteiger partial charge is 0.253 e. The first-order valence-corrected chi connectivity index (χ1v) is 15.7. The molecule has 0 heterocycles. The molecule has 5 rings (SSSR count). The van der Waals surface area contributed by atoms with Crippen LogP contribution in [0.2, 0.25) is 0 Å². The zero-order valence-electron chi connectivity index (χ0n) is 25.0. The van der Waals surface area contributed by atoms with Crippen LogP contribution < -0.4 is 0 Å². The van der Waals surface area contributed by atoms with Crippen molar-refractivity contribution < 1.29 is 24.1 Å². The lowest BCUT2D eigenvalue weighted by atomic mass is 9.51. The van der Waals surface area contributed by atoms with Crippen molar-refractivity contribution in [1.82, 2.24) is 4.90 Å². The number of ether oxygens (including phenoxy) is 1. The van der Waals surface area contributed by atoms with E-state index in [0.717, 1.165) is 62.5 Å². The number of unbranched alkanes of at least 4 members (excludes halogenated alkanes) is 3. The van der Waals surface area contributed by atoms with Crippen molar-refractivity contribution in [2.45, 2.75) is 82.9 Å². The summed E-state index contributed by atoms with van der Waals surface area (Å²) < 4.78 is 21.2. The number of carbonyl (C=O) groups is 1. The van der Waals surface area contributed by atoms with Gasteiger partial charge in [-0.15, -0.1) is 0 Å². The predicted molar refractivity (Wildman–Crippen MR) is 160 cm³/mol. The third kappa shape index (κ3) is 6.07. The summed E-state index contributed by atoms with van der Waals surface area (Å²) in [4.78, 5) is 15.0. The number of amides is 1. The van der Waals surface area contributed by atoms with Gasteiger partial charge in [0, 0.05) is 31.7 Å². The molecule has 2 aromatic rings. The first-order chi connectivity index (χ1) is 20.3. The number of carbonyl (C=O) groups excluding carboxylic acids is 1. The van der Waals surface area contributed by atoms with Crippen molar-refractivity contribution in [3.63, 3.8) is 0 Å². The van der Waals surface area contributed by atoms with E-state index in [1.165, 1.54) is 0 Å². The number of methoxy groups -OCH3 is 1. The maximum Gasteiger partial charge on any atom is 0.253 e. The monoisotopic (exact) mass is 576 g/mol. The Labute approximate surface area is 249 Å². The fraction of sp³-hybridized carbons (Fsp3) is 0.600. The van der Waals surface area contributed by atoms with Gasteiger partial charge in [0.15, 0.2) is 0 Å². The van der Waals surface area contributed by atoms with Crippen LogP contribution in [0.3, 0.4) is 0 Å². The van der Waals surface area contributed by atoms with Crippen LogP contribution in [0.15, 0.2) is 42.5 Å². The first-order valence-electron chi connectivity index (χ1n) is 15.7. The number of hydrogen-bond acceptors (Lipinski definition) is 5. The van der Waals surface area contributed by atoms with E-state index in [4.69, 9.17) is 10.00 Å². The lowest BCUT2D eigenvalue weighted by Crippen LogP contribution is -2.51. The van der Waals surface area contributed by atoms with Crippen LogP contribution in [0.1, 0.15) is 91.3 Å². The van der Waals surface area contributed by atoms with Crippen LogP contribution >= 0.6 is 0 Å². The van der Waals surface area contributed by atoms with E-state index in [0.29, 0.717) is 49.1 Å². The summed E-state index contributed by atoms with van der Waals surface area (Å²) in [6.07, 6.45) is 6.51. The van der Waals surface area contributed by atoms with Gasteiger partial charge in [0.1, 0.15) is 11.9 Å². The number of aromatic hydroxyl groups is 1. The van der Waals surface area contributed by atoms with E-state index in [1.807, 2.05) is 17.0 Å². The molecule has 6 nitrogen and oxygen atoms in total. The van der Waals surface area contributed by atoms with Crippen LogP contribution in [0.25, 0.3) is 0 Å². The zero-order valence-corrected chi connectivity index (χ0v) is 25.0. The second-order valence-corrected chi connectivity index (χ2v) is 13.1. The molecule has 3 aliphatic carbocycles. The molecule has 2 saturated carbocycles. The third-order valence-corrected chi connectivity index (χ3v) is 10.6. The number of benzene rings is 2. The number of phenolic OH excluding ortho intramolecular Hbond substituents is 1. The molecule has 0 aromatic heterocycles. The number of nitriles is 1. The van der Waals surface area contributed by atoms with Crippen LogP contribution in [0.5, 0.6) is 5.75 Å². The van der Waals surface area contributed by atoms with Crippen molar-refractivity contribution in [3.8, 4) is 11.8 Å². The fourth-order valence-corrected chi connectivity index (χ4v) is 8.48. The van der Waals surface area contributed by atoms with Crippen LogP contribution in [0, 0.1) is 34.5 Å². The molecule has 0 unspecified atom stereocenters. The molecule has 0 spiro atoms. The molecule has 42 heavy (non-hydrogen) atoms. The normalized spacial score (nSPS) is 29.7. The zero-order chi connectivity index (χ0) is 29.9. The summed E-state index contributed by atoms with van der Waals surface area (Å²) in [5.74, 6) is 0.888. The van der Waals surface area contributed by atoms with Gasteiger partial charge in [-0.25, -0.2) is 4.39 Å². The van der Waals surface area contributed by atoms with Gasteiger partial charge in [-0.1, -0.05) is 32.3 Å². The van der Waals surface area contributed by atoms with E-state index in [9.17, 15) is 15.0 Å². The molecule has 3 aliphatic rings. The Kier molecular flexibility index (Phi) is 9.54. The number of halogens is 1. The highest BCUT2D eigenvalue weighted by atomic mass is 19.1. The molecule has 0 radical (unpaired) electrons. The third-order valence-electron chi connectivity index (χ3n) is 10.6.